The zero-order chi connectivity index (χ0) is 14.2. The zero-order valence-corrected chi connectivity index (χ0v) is 11.4. The lowest BCUT2D eigenvalue weighted by Crippen LogP contribution is -2.41. The number of carbonyl (C=O) groups is 1. The molecule has 1 amide bonds. The SMILES string of the molecule is CC(C)(C)OC(=O)N1CCC(N)c2ccc(F)cc21. The Kier molecular flexibility index (Phi) is 3.49. The van der Waals surface area contributed by atoms with Crippen molar-refractivity contribution in [2.45, 2.75) is 38.8 Å². The van der Waals surface area contributed by atoms with E-state index in [1.807, 2.05) is 0 Å². The summed E-state index contributed by atoms with van der Waals surface area (Å²) >= 11 is 0. The third kappa shape index (κ3) is 3.04. The van der Waals surface area contributed by atoms with E-state index in [2.05, 4.69) is 0 Å². The molecule has 0 fully saturated rings. The fourth-order valence-electron chi connectivity index (χ4n) is 2.11. The molecule has 1 aliphatic heterocycles. The molecule has 1 aromatic rings. The molecule has 0 saturated heterocycles. The summed E-state index contributed by atoms with van der Waals surface area (Å²) in [4.78, 5) is 13.6. The Hall–Kier alpha value is -1.62. The van der Waals surface area contributed by atoms with Crippen molar-refractivity contribution in [1.29, 1.82) is 0 Å². The van der Waals surface area contributed by atoms with Gasteiger partial charge in [0.25, 0.3) is 0 Å². The van der Waals surface area contributed by atoms with Gasteiger partial charge in [0, 0.05) is 12.6 Å². The second-order valence-electron chi connectivity index (χ2n) is 5.73. The van der Waals surface area contributed by atoms with E-state index in [4.69, 9.17) is 10.5 Å². The van der Waals surface area contributed by atoms with Crippen LogP contribution in [-0.4, -0.2) is 18.2 Å². The fourth-order valence-corrected chi connectivity index (χ4v) is 2.11. The van der Waals surface area contributed by atoms with Gasteiger partial charge in [0.05, 0.1) is 5.69 Å². The van der Waals surface area contributed by atoms with Gasteiger partial charge in [0.15, 0.2) is 0 Å². The standard InChI is InChI=1S/C14H19FN2O2/c1-14(2,3)19-13(18)17-7-6-11(16)10-5-4-9(15)8-12(10)17/h4-5,8,11H,6-7,16H2,1-3H3. The van der Waals surface area contributed by atoms with Crippen LogP contribution in [0.2, 0.25) is 0 Å². The van der Waals surface area contributed by atoms with Gasteiger partial charge in [-0.1, -0.05) is 6.07 Å². The minimum absolute atomic E-state index is 0.172. The maximum atomic E-state index is 13.4. The highest BCUT2D eigenvalue weighted by atomic mass is 19.1. The molecular formula is C14H19FN2O2. The van der Waals surface area contributed by atoms with E-state index in [0.717, 1.165) is 5.56 Å². The molecule has 0 aromatic heterocycles. The van der Waals surface area contributed by atoms with Crippen molar-refractivity contribution in [2.24, 2.45) is 5.73 Å². The maximum absolute atomic E-state index is 13.4. The summed E-state index contributed by atoms with van der Waals surface area (Å²) in [5.41, 5.74) is 6.69. The molecule has 5 heteroatoms. The predicted molar refractivity (Wildman–Crippen MR) is 71.5 cm³/mol. The number of fused-ring (bicyclic) bond motifs is 1. The topological polar surface area (TPSA) is 55.6 Å². The highest BCUT2D eigenvalue weighted by molar-refractivity contribution is 5.89. The molecule has 104 valence electrons. The zero-order valence-electron chi connectivity index (χ0n) is 11.4. The Morgan fingerprint density at radius 1 is 1.47 bits per heavy atom. The van der Waals surface area contributed by atoms with Gasteiger partial charge in [-0.2, -0.15) is 0 Å². The Morgan fingerprint density at radius 2 is 2.16 bits per heavy atom. The number of carbonyl (C=O) groups excluding carboxylic acids is 1. The van der Waals surface area contributed by atoms with E-state index >= 15 is 0 Å². The van der Waals surface area contributed by atoms with Crippen LogP contribution >= 0.6 is 0 Å². The summed E-state index contributed by atoms with van der Waals surface area (Å²) in [6.45, 7) is 5.83. The molecule has 1 aliphatic rings. The van der Waals surface area contributed by atoms with Crippen LogP contribution in [0.3, 0.4) is 0 Å². The first kappa shape index (κ1) is 13.8. The van der Waals surface area contributed by atoms with Gasteiger partial charge in [0.1, 0.15) is 11.4 Å². The first-order chi connectivity index (χ1) is 8.78. The first-order valence-electron chi connectivity index (χ1n) is 6.33. The lowest BCUT2D eigenvalue weighted by Gasteiger charge is -2.34. The fraction of sp³-hybridized carbons (Fsp3) is 0.500. The Labute approximate surface area is 112 Å². The van der Waals surface area contributed by atoms with Crippen LogP contribution in [0.25, 0.3) is 0 Å². The molecule has 0 bridgehead atoms. The Balaban J connectivity index is 2.32. The first-order valence-corrected chi connectivity index (χ1v) is 6.33. The number of amides is 1. The van der Waals surface area contributed by atoms with Crippen molar-refractivity contribution in [2.75, 3.05) is 11.4 Å². The highest BCUT2D eigenvalue weighted by Crippen LogP contribution is 2.33. The number of hydrogen-bond donors (Lipinski definition) is 1. The molecule has 2 N–H and O–H groups in total. The average molecular weight is 266 g/mol. The number of ether oxygens (including phenoxy) is 1. The summed E-state index contributed by atoms with van der Waals surface area (Å²) in [6, 6.07) is 4.15. The summed E-state index contributed by atoms with van der Waals surface area (Å²) in [5, 5.41) is 0. The molecule has 0 aliphatic carbocycles. The minimum Gasteiger partial charge on any atom is -0.443 e. The van der Waals surface area contributed by atoms with Crippen molar-refractivity contribution in [3.05, 3.63) is 29.6 Å². The molecule has 1 unspecified atom stereocenters. The van der Waals surface area contributed by atoms with E-state index in [1.54, 1.807) is 26.8 Å². The lowest BCUT2D eigenvalue weighted by atomic mass is 9.97. The largest absolute Gasteiger partial charge is 0.443 e. The van der Waals surface area contributed by atoms with Gasteiger partial charge in [-0.15, -0.1) is 0 Å². The van der Waals surface area contributed by atoms with E-state index < -0.39 is 11.7 Å². The second-order valence-corrected chi connectivity index (χ2v) is 5.73. The highest BCUT2D eigenvalue weighted by Gasteiger charge is 2.30. The number of nitrogens with zero attached hydrogens (tertiary/aromatic N) is 1. The Bertz CT molecular complexity index is 497. The van der Waals surface area contributed by atoms with Crippen LogP contribution in [0, 0.1) is 5.82 Å². The van der Waals surface area contributed by atoms with Crippen LogP contribution in [0.15, 0.2) is 18.2 Å². The van der Waals surface area contributed by atoms with Gasteiger partial charge < -0.3 is 10.5 Å². The number of benzene rings is 1. The smallest absolute Gasteiger partial charge is 0.414 e. The van der Waals surface area contributed by atoms with Crippen molar-refractivity contribution in [3.8, 4) is 0 Å². The lowest BCUT2D eigenvalue weighted by molar-refractivity contribution is 0.0576. The number of anilines is 1. The van der Waals surface area contributed by atoms with E-state index in [1.165, 1.54) is 17.0 Å². The monoisotopic (exact) mass is 266 g/mol. The van der Waals surface area contributed by atoms with Crippen molar-refractivity contribution in [3.63, 3.8) is 0 Å². The molecular weight excluding hydrogens is 247 g/mol. The summed E-state index contributed by atoms with van der Waals surface area (Å²) in [5.74, 6) is -0.388. The molecule has 1 atom stereocenters. The van der Waals surface area contributed by atoms with Crippen molar-refractivity contribution in [1.82, 2.24) is 0 Å². The van der Waals surface area contributed by atoms with Crippen LogP contribution in [0.4, 0.5) is 14.9 Å². The number of hydrogen-bond acceptors (Lipinski definition) is 3. The molecule has 0 spiro atoms. The van der Waals surface area contributed by atoms with E-state index in [0.29, 0.717) is 18.7 Å². The predicted octanol–water partition coefficient (Wildman–Crippen LogP) is 2.97. The van der Waals surface area contributed by atoms with Crippen molar-refractivity contribution >= 4 is 11.8 Å². The summed E-state index contributed by atoms with van der Waals surface area (Å²) < 4.78 is 18.7. The van der Waals surface area contributed by atoms with E-state index in [9.17, 15) is 9.18 Å². The molecule has 4 nitrogen and oxygen atoms in total. The van der Waals surface area contributed by atoms with Gasteiger partial charge in [0.2, 0.25) is 0 Å². The van der Waals surface area contributed by atoms with Gasteiger partial charge in [-0.05, 0) is 44.9 Å². The van der Waals surface area contributed by atoms with Gasteiger partial charge in [-0.25, -0.2) is 9.18 Å². The van der Waals surface area contributed by atoms with Gasteiger partial charge in [-0.3, -0.25) is 4.90 Å². The normalized spacial score (nSPS) is 19.0. The molecule has 1 aromatic carbocycles. The Morgan fingerprint density at radius 3 is 2.79 bits per heavy atom. The average Bonchev–Trinajstić information content (AvgIpc) is 2.26. The summed E-state index contributed by atoms with van der Waals surface area (Å²) in [7, 11) is 0. The maximum Gasteiger partial charge on any atom is 0.414 e. The second kappa shape index (κ2) is 4.81. The third-order valence-electron chi connectivity index (χ3n) is 2.96. The molecule has 0 radical (unpaired) electrons. The van der Waals surface area contributed by atoms with Gasteiger partial charge >= 0.3 is 6.09 Å². The molecule has 19 heavy (non-hydrogen) atoms. The number of halogens is 1. The molecule has 2 rings (SSSR count). The minimum atomic E-state index is -0.579. The molecule has 1 heterocycles. The van der Waals surface area contributed by atoms with Crippen molar-refractivity contribution < 1.29 is 13.9 Å². The van der Waals surface area contributed by atoms with E-state index in [-0.39, 0.29) is 11.9 Å². The molecule has 0 saturated carbocycles. The van der Waals surface area contributed by atoms with Crippen LogP contribution in [0.5, 0.6) is 0 Å². The van der Waals surface area contributed by atoms with Crippen LogP contribution < -0.4 is 10.6 Å². The van der Waals surface area contributed by atoms with Crippen LogP contribution in [-0.2, 0) is 4.74 Å². The van der Waals surface area contributed by atoms with Crippen LogP contribution in [0.1, 0.15) is 38.8 Å². The number of nitrogens with two attached hydrogens (primary N) is 1. The third-order valence-corrected chi connectivity index (χ3v) is 2.96. The summed E-state index contributed by atoms with van der Waals surface area (Å²) in [6.07, 6.45) is 0.170. The number of rotatable bonds is 0. The quantitative estimate of drug-likeness (QED) is 0.785.